The van der Waals surface area contributed by atoms with Crippen LogP contribution >= 0.6 is 27.5 Å². The van der Waals surface area contributed by atoms with Crippen LogP contribution in [-0.4, -0.2) is 15.2 Å². The molecule has 0 saturated heterocycles. The van der Waals surface area contributed by atoms with Gasteiger partial charge in [0.25, 0.3) is 0 Å². The van der Waals surface area contributed by atoms with E-state index in [2.05, 4.69) is 26.2 Å². The first kappa shape index (κ1) is 13.0. The highest BCUT2D eigenvalue weighted by atomic mass is 79.9. The van der Waals surface area contributed by atoms with Crippen LogP contribution in [-0.2, 0) is 6.54 Å². The Morgan fingerprint density at radius 2 is 2.11 bits per heavy atom. The smallest absolute Gasteiger partial charge is 0.162 e. The minimum Gasteiger partial charge on any atom is -0.504 e. The molecule has 0 radical (unpaired) electrons. The number of halogens is 2. The van der Waals surface area contributed by atoms with Gasteiger partial charge >= 0.3 is 0 Å². The Morgan fingerprint density at radius 3 is 2.83 bits per heavy atom. The van der Waals surface area contributed by atoms with Crippen LogP contribution in [0.15, 0.2) is 34.9 Å². The first-order valence-electron chi connectivity index (χ1n) is 5.12. The molecule has 0 fully saturated rings. The van der Waals surface area contributed by atoms with E-state index in [1.54, 1.807) is 24.4 Å². The van der Waals surface area contributed by atoms with E-state index in [4.69, 9.17) is 11.6 Å². The normalized spacial score (nSPS) is 10.3. The molecule has 0 bridgehead atoms. The lowest BCUT2D eigenvalue weighted by Crippen LogP contribution is -2.00. The molecular weight excluding hydrogens is 320 g/mol. The Morgan fingerprint density at radius 1 is 1.33 bits per heavy atom. The maximum absolute atomic E-state index is 9.64. The average Bonchev–Trinajstić information content (AvgIpc) is 2.35. The van der Waals surface area contributed by atoms with Gasteiger partial charge in [-0.3, -0.25) is 0 Å². The van der Waals surface area contributed by atoms with E-state index in [9.17, 15) is 10.2 Å². The highest BCUT2D eigenvalue weighted by Crippen LogP contribution is 2.29. The van der Waals surface area contributed by atoms with Gasteiger partial charge in [-0.2, -0.15) is 0 Å². The number of nitrogens with zero attached hydrogens (tertiary/aromatic N) is 1. The van der Waals surface area contributed by atoms with E-state index in [1.165, 1.54) is 6.07 Å². The molecule has 1 heterocycles. The number of rotatable bonds is 3. The quantitative estimate of drug-likeness (QED) is 0.595. The van der Waals surface area contributed by atoms with E-state index in [0.717, 1.165) is 5.69 Å². The Kier molecular flexibility index (Phi) is 3.93. The van der Waals surface area contributed by atoms with Crippen molar-refractivity contribution >= 4 is 33.2 Å². The third-order valence-corrected chi connectivity index (χ3v) is 3.51. The van der Waals surface area contributed by atoms with Crippen molar-refractivity contribution in [3.05, 3.63) is 45.7 Å². The number of pyridine rings is 1. The topological polar surface area (TPSA) is 65.4 Å². The van der Waals surface area contributed by atoms with Gasteiger partial charge in [0.15, 0.2) is 11.5 Å². The fourth-order valence-corrected chi connectivity index (χ4v) is 1.89. The predicted octanol–water partition coefficient (Wildman–Crippen LogP) is 3.52. The Labute approximate surface area is 117 Å². The summed E-state index contributed by atoms with van der Waals surface area (Å²) in [5, 5.41) is 22.5. The zero-order chi connectivity index (χ0) is 13.1. The van der Waals surface area contributed by atoms with Gasteiger partial charge in [0.1, 0.15) is 5.15 Å². The first-order valence-corrected chi connectivity index (χ1v) is 6.30. The van der Waals surface area contributed by atoms with Crippen molar-refractivity contribution in [3.8, 4) is 11.5 Å². The number of hydrogen-bond acceptors (Lipinski definition) is 4. The van der Waals surface area contributed by atoms with Crippen LogP contribution in [0, 0.1) is 0 Å². The molecule has 1 aromatic carbocycles. The van der Waals surface area contributed by atoms with Crippen molar-refractivity contribution < 1.29 is 10.2 Å². The summed E-state index contributed by atoms with van der Waals surface area (Å²) in [6.45, 7) is 0.371. The Hall–Kier alpha value is -1.46. The molecule has 0 spiro atoms. The van der Waals surface area contributed by atoms with Gasteiger partial charge < -0.3 is 15.5 Å². The summed E-state index contributed by atoms with van der Waals surface area (Å²) < 4.78 is 0.689. The van der Waals surface area contributed by atoms with Crippen LogP contribution in [0.5, 0.6) is 11.5 Å². The fraction of sp³-hybridized carbons (Fsp3) is 0.0833. The summed E-state index contributed by atoms with van der Waals surface area (Å²) in [6, 6.07) is 6.61. The number of nitrogens with one attached hydrogen (secondary N) is 1. The molecule has 2 rings (SSSR count). The lowest BCUT2D eigenvalue weighted by atomic mass is 10.2. The minimum atomic E-state index is -0.135. The maximum atomic E-state index is 9.64. The molecule has 2 aromatic rings. The molecule has 0 aliphatic rings. The van der Waals surface area contributed by atoms with Gasteiger partial charge in [0.2, 0.25) is 0 Å². The minimum absolute atomic E-state index is 0.119. The number of aromatic nitrogens is 1. The zero-order valence-corrected chi connectivity index (χ0v) is 11.5. The van der Waals surface area contributed by atoms with E-state index < -0.39 is 0 Å². The van der Waals surface area contributed by atoms with Crippen LogP contribution in [0.3, 0.4) is 0 Å². The highest BCUT2D eigenvalue weighted by molar-refractivity contribution is 9.10. The standard InChI is InChI=1S/C12H10BrClN2O2/c13-9-4-8(6-16-12(9)14)15-5-7-2-1-3-10(17)11(7)18/h1-4,6,15,17-18H,5H2. The lowest BCUT2D eigenvalue weighted by Gasteiger charge is -2.09. The number of aromatic hydroxyl groups is 2. The molecule has 6 heteroatoms. The summed E-state index contributed by atoms with van der Waals surface area (Å²) in [5.74, 6) is -0.254. The summed E-state index contributed by atoms with van der Waals surface area (Å²) in [4.78, 5) is 3.98. The van der Waals surface area contributed by atoms with Crippen molar-refractivity contribution in [2.75, 3.05) is 5.32 Å². The van der Waals surface area contributed by atoms with Crippen LogP contribution < -0.4 is 5.32 Å². The van der Waals surface area contributed by atoms with Gasteiger partial charge in [0.05, 0.1) is 16.4 Å². The molecule has 0 aliphatic heterocycles. The van der Waals surface area contributed by atoms with Crippen LogP contribution in [0.2, 0.25) is 5.15 Å². The molecule has 18 heavy (non-hydrogen) atoms. The fourth-order valence-electron chi connectivity index (χ4n) is 1.44. The molecule has 94 valence electrons. The number of para-hydroxylation sites is 1. The van der Waals surface area contributed by atoms with Crippen molar-refractivity contribution in [2.24, 2.45) is 0 Å². The van der Waals surface area contributed by atoms with Crippen LogP contribution in [0.4, 0.5) is 5.69 Å². The largest absolute Gasteiger partial charge is 0.504 e. The predicted molar refractivity (Wildman–Crippen MR) is 74.0 cm³/mol. The lowest BCUT2D eigenvalue weighted by molar-refractivity contribution is 0.400. The number of hydrogen-bond donors (Lipinski definition) is 3. The molecular formula is C12H10BrClN2O2. The molecule has 3 N–H and O–H groups in total. The number of benzene rings is 1. The summed E-state index contributed by atoms with van der Waals surface area (Å²) >= 11 is 9.06. The second-order valence-corrected chi connectivity index (χ2v) is 4.85. The summed E-state index contributed by atoms with van der Waals surface area (Å²) in [5.41, 5.74) is 1.36. The zero-order valence-electron chi connectivity index (χ0n) is 9.19. The monoisotopic (exact) mass is 328 g/mol. The molecule has 0 atom stereocenters. The Balaban J connectivity index is 2.11. The molecule has 4 nitrogen and oxygen atoms in total. The average molecular weight is 330 g/mol. The van der Waals surface area contributed by atoms with E-state index >= 15 is 0 Å². The summed E-state index contributed by atoms with van der Waals surface area (Å²) in [6.07, 6.45) is 1.59. The van der Waals surface area contributed by atoms with E-state index in [0.29, 0.717) is 21.7 Å². The number of phenolic OH excluding ortho intramolecular Hbond substituents is 2. The molecule has 0 saturated carbocycles. The van der Waals surface area contributed by atoms with E-state index in [1.807, 2.05) is 0 Å². The first-order chi connectivity index (χ1) is 8.58. The van der Waals surface area contributed by atoms with Gasteiger partial charge in [-0.1, -0.05) is 23.7 Å². The van der Waals surface area contributed by atoms with E-state index in [-0.39, 0.29) is 11.5 Å². The van der Waals surface area contributed by atoms with Crippen molar-refractivity contribution in [2.45, 2.75) is 6.54 Å². The highest BCUT2D eigenvalue weighted by Gasteiger charge is 2.06. The van der Waals surface area contributed by atoms with Crippen LogP contribution in [0.25, 0.3) is 0 Å². The SMILES string of the molecule is Oc1cccc(CNc2cnc(Cl)c(Br)c2)c1O. The second kappa shape index (κ2) is 5.46. The van der Waals surface area contributed by atoms with Gasteiger partial charge in [-0.25, -0.2) is 4.98 Å². The maximum Gasteiger partial charge on any atom is 0.162 e. The third kappa shape index (κ3) is 2.86. The number of phenols is 2. The molecule has 0 amide bonds. The Bertz CT molecular complexity index is 578. The molecule has 0 unspecified atom stereocenters. The van der Waals surface area contributed by atoms with Crippen LogP contribution in [0.1, 0.15) is 5.56 Å². The van der Waals surface area contributed by atoms with Gasteiger partial charge in [-0.15, -0.1) is 0 Å². The molecule has 1 aromatic heterocycles. The third-order valence-electron chi connectivity index (χ3n) is 2.38. The van der Waals surface area contributed by atoms with Gasteiger partial charge in [-0.05, 0) is 28.1 Å². The second-order valence-electron chi connectivity index (χ2n) is 3.64. The van der Waals surface area contributed by atoms with Gasteiger partial charge in [0, 0.05) is 12.1 Å². The molecule has 0 aliphatic carbocycles. The number of anilines is 1. The summed E-state index contributed by atoms with van der Waals surface area (Å²) in [7, 11) is 0. The van der Waals surface area contributed by atoms with Crippen molar-refractivity contribution in [1.82, 2.24) is 4.98 Å². The van der Waals surface area contributed by atoms with Crippen molar-refractivity contribution in [1.29, 1.82) is 0 Å². The van der Waals surface area contributed by atoms with Crippen molar-refractivity contribution in [3.63, 3.8) is 0 Å².